The van der Waals surface area contributed by atoms with Crippen LogP contribution in [0.15, 0.2) is 67.4 Å². The number of amides is 1. The number of anilines is 4. The Morgan fingerprint density at radius 3 is 2.83 bits per heavy atom. The molecule has 2 aliphatic rings. The number of ether oxygens (including phenoxy) is 3. The number of fused-ring (bicyclic) bond motifs is 2. The molecule has 2 aromatic carbocycles. The Kier molecular flexibility index (Phi) is 8.95. The van der Waals surface area contributed by atoms with Gasteiger partial charge in [-0.15, -0.1) is 0 Å². The standard InChI is InChI=1S/C29H35N7O5/c1-5-27(37)31-20-9-8-10-21(17-20)41-28-26(39-3)18-30-29(33-28)32-22-11-6-7-12-23(22)36(40-4)35-19-34-15-13-25(35)24(34)14-16-38-2/h5-12,17-18,24-25H,1,13-16,19H2,2-4H3,(H,31,37)(H,30,32,33)/t24-,25-/m0/s1. The van der Waals surface area contributed by atoms with Gasteiger partial charge in [-0.3, -0.25) is 14.5 Å². The topological polar surface area (TPSA) is 114 Å². The minimum absolute atomic E-state index is 0.212. The molecule has 12 heteroatoms. The first-order valence-electron chi connectivity index (χ1n) is 13.4. The molecule has 3 atom stereocenters. The quantitative estimate of drug-likeness (QED) is 0.231. The summed E-state index contributed by atoms with van der Waals surface area (Å²) in [6, 6.07) is 15.5. The Balaban J connectivity index is 1.37. The zero-order chi connectivity index (χ0) is 28.8. The third-order valence-electron chi connectivity index (χ3n) is 7.16. The van der Waals surface area contributed by atoms with Gasteiger partial charge in [0, 0.05) is 38.1 Å². The van der Waals surface area contributed by atoms with Gasteiger partial charge in [0.25, 0.3) is 5.88 Å². The zero-order valence-corrected chi connectivity index (χ0v) is 23.4. The lowest BCUT2D eigenvalue weighted by atomic mass is 10.1. The number of rotatable bonds is 13. The van der Waals surface area contributed by atoms with E-state index in [0.29, 0.717) is 35.2 Å². The van der Waals surface area contributed by atoms with Crippen LogP contribution in [0.2, 0.25) is 0 Å². The molecule has 2 aliphatic heterocycles. The summed E-state index contributed by atoms with van der Waals surface area (Å²) in [4.78, 5) is 29.1. The molecule has 216 valence electrons. The van der Waals surface area contributed by atoms with Crippen LogP contribution in [0.1, 0.15) is 12.8 Å². The zero-order valence-electron chi connectivity index (χ0n) is 23.4. The summed E-state index contributed by atoms with van der Waals surface area (Å²) >= 11 is 0. The summed E-state index contributed by atoms with van der Waals surface area (Å²) in [5.41, 5.74) is 2.14. The van der Waals surface area contributed by atoms with Gasteiger partial charge < -0.3 is 24.8 Å². The van der Waals surface area contributed by atoms with Crippen LogP contribution in [0.3, 0.4) is 0 Å². The van der Waals surface area contributed by atoms with E-state index in [0.717, 1.165) is 44.0 Å². The van der Waals surface area contributed by atoms with Crippen LogP contribution in [0, 0.1) is 0 Å². The largest absolute Gasteiger partial charge is 0.490 e. The highest BCUT2D eigenvalue weighted by atomic mass is 16.7. The minimum Gasteiger partial charge on any atom is -0.490 e. The highest BCUT2D eigenvalue weighted by Crippen LogP contribution is 2.38. The number of para-hydroxylation sites is 2. The lowest BCUT2D eigenvalue weighted by Gasteiger charge is -2.37. The highest BCUT2D eigenvalue weighted by Gasteiger charge is 2.47. The maximum atomic E-state index is 11.7. The SMILES string of the molecule is C=CC(=O)Nc1cccc(Oc2nc(Nc3ccccc3N(OC)N3CN4CC[C@H]3[C@@H]4CCOC)ncc2OC)c1. The number of nitrogens with one attached hydrogen (secondary N) is 2. The van der Waals surface area contributed by atoms with Crippen LogP contribution in [0.5, 0.6) is 17.4 Å². The molecule has 0 radical (unpaired) electrons. The van der Waals surface area contributed by atoms with Crippen molar-refractivity contribution in [2.75, 3.05) is 57.0 Å². The van der Waals surface area contributed by atoms with Gasteiger partial charge in [-0.25, -0.2) is 4.98 Å². The molecule has 41 heavy (non-hydrogen) atoms. The summed E-state index contributed by atoms with van der Waals surface area (Å²) in [5, 5.41) is 10.1. The van der Waals surface area contributed by atoms with E-state index in [4.69, 9.17) is 19.0 Å². The van der Waals surface area contributed by atoms with Crippen LogP contribution < -0.4 is 25.3 Å². The van der Waals surface area contributed by atoms with E-state index < -0.39 is 0 Å². The van der Waals surface area contributed by atoms with Crippen molar-refractivity contribution in [3.05, 3.63) is 67.4 Å². The fraction of sp³-hybridized carbons (Fsp3) is 0.345. The lowest BCUT2D eigenvalue weighted by Crippen LogP contribution is -2.49. The van der Waals surface area contributed by atoms with Gasteiger partial charge in [0.15, 0.2) is 5.75 Å². The first kappa shape index (κ1) is 28.3. The van der Waals surface area contributed by atoms with Crippen LogP contribution in [0.4, 0.5) is 23.0 Å². The van der Waals surface area contributed by atoms with Gasteiger partial charge in [-0.2, -0.15) is 15.2 Å². The molecule has 5 rings (SSSR count). The number of nitrogens with zero attached hydrogens (tertiary/aromatic N) is 5. The molecule has 12 nitrogen and oxygen atoms in total. The first-order chi connectivity index (χ1) is 20.0. The maximum absolute atomic E-state index is 11.7. The number of carbonyl (C=O) groups is 1. The molecule has 1 aromatic heterocycles. The number of benzene rings is 2. The van der Waals surface area contributed by atoms with Crippen LogP contribution in [0.25, 0.3) is 0 Å². The molecule has 3 aromatic rings. The smallest absolute Gasteiger partial charge is 0.267 e. The summed E-state index contributed by atoms with van der Waals surface area (Å²) in [7, 11) is 4.93. The van der Waals surface area contributed by atoms with E-state index in [2.05, 4.69) is 37.1 Å². The van der Waals surface area contributed by atoms with Crippen molar-refractivity contribution in [3.63, 3.8) is 0 Å². The van der Waals surface area contributed by atoms with Crippen molar-refractivity contribution >= 4 is 28.9 Å². The molecule has 3 heterocycles. The van der Waals surface area contributed by atoms with Gasteiger partial charge in [0.1, 0.15) is 11.4 Å². The average molecular weight is 562 g/mol. The Bertz CT molecular complexity index is 1370. The summed E-state index contributed by atoms with van der Waals surface area (Å²) in [6.07, 6.45) is 4.77. The Labute approximate surface area is 239 Å². The van der Waals surface area contributed by atoms with E-state index in [1.165, 1.54) is 19.4 Å². The fourth-order valence-corrected chi connectivity index (χ4v) is 5.30. The van der Waals surface area contributed by atoms with E-state index >= 15 is 0 Å². The molecule has 2 fully saturated rings. The molecule has 2 N–H and O–H groups in total. The predicted octanol–water partition coefficient (Wildman–Crippen LogP) is 4.18. The van der Waals surface area contributed by atoms with Gasteiger partial charge in [-0.1, -0.05) is 24.8 Å². The summed E-state index contributed by atoms with van der Waals surface area (Å²) in [6.45, 7) is 6.04. The van der Waals surface area contributed by atoms with E-state index in [1.807, 2.05) is 29.4 Å². The second kappa shape index (κ2) is 13.0. The van der Waals surface area contributed by atoms with Gasteiger partial charge in [-0.05, 0) is 43.2 Å². The third kappa shape index (κ3) is 6.25. The van der Waals surface area contributed by atoms with Crippen molar-refractivity contribution in [3.8, 4) is 17.4 Å². The average Bonchev–Trinajstić information content (AvgIpc) is 3.54. The molecule has 0 spiro atoms. The Hall–Kier alpha value is -4.23. The second-order valence-corrected chi connectivity index (χ2v) is 9.59. The van der Waals surface area contributed by atoms with Crippen LogP contribution in [-0.4, -0.2) is 79.0 Å². The third-order valence-corrected chi connectivity index (χ3v) is 7.16. The number of hydrogen-bond acceptors (Lipinski definition) is 11. The number of hydrazine groups is 1. The molecule has 1 unspecified atom stereocenters. The Morgan fingerprint density at radius 2 is 2.05 bits per heavy atom. The normalized spacial score (nSPS) is 19.5. The van der Waals surface area contributed by atoms with E-state index in [1.54, 1.807) is 38.5 Å². The molecule has 2 saturated heterocycles. The number of carbonyl (C=O) groups excluding carboxylic acids is 1. The lowest BCUT2D eigenvalue weighted by molar-refractivity contribution is -0.111. The summed E-state index contributed by atoms with van der Waals surface area (Å²) in [5.74, 6) is 1.02. The van der Waals surface area contributed by atoms with Crippen molar-refractivity contribution in [1.82, 2.24) is 19.9 Å². The van der Waals surface area contributed by atoms with Crippen molar-refractivity contribution in [2.45, 2.75) is 24.9 Å². The molecule has 0 aliphatic carbocycles. The fourth-order valence-electron chi connectivity index (χ4n) is 5.30. The van der Waals surface area contributed by atoms with E-state index in [9.17, 15) is 4.79 Å². The van der Waals surface area contributed by atoms with Crippen molar-refractivity contribution < 1.29 is 23.8 Å². The molecule has 0 saturated carbocycles. The highest BCUT2D eigenvalue weighted by molar-refractivity contribution is 5.98. The van der Waals surface area contributed by atoms with Gasteiger partial charge >= 0.3 is 0 Å². The molecular formula is C29H35N7O5. The maximum Gasteiger partial charge on any atom is 0.267 e. The molecule has 1 amide bonds. The minimum atomic E-state index is -0.318. The first-order valence-corrected chi connectivity index (χ1v) is 13.4. The van der Waals surface area contributed by atoms with Gasteiger partial charge in [0.05, 0.1) is 38.8 Å². The van der Waals surface area contributed by atoms with Crippen LogP contribution in [-0.2, 0) is 14.4 Å². The second-order valence-electron chi connectivity index (χ2n) is 9.59. The number of methoxy groups -OCH3 is 2. The monoisotopic (exact) mass is 561 g/mol. The van der Waals surface area contributed by atoms with Crippen molar-refractivity contribution in [2.24, 2.45) is 0 Å². The van der Waals surface area contributed by atoms with Gasteiger partial charge in [0.2, 0.25) is 11.9 Å². The number of hydrogen-bond donors (Lipinski definition) is 2. The number of aromatic nitrogens is 2. The van der Waals surface area contributed by atoms with E-state index in [-0.39, 0.29) is 11.8 Å². The van der Waals surface area contributed by atoms with Crippen molar-refractivity contribution in [1.29, 1.82) is 0 Å². The Morgan fingerprint density at radius 1 is 1.20 bits per heavy atom. The van der Waals surface area contributed by atoms with Crippen LogP contribution >= 0.6 is 0 Å². The molecular weight excluding hydrogens is 526 g/mol. The molecule has 2 bridgehead atoms. The summed E-state index contributed by atoms with van der Waals surface area (Å²) < 4.78 is 16.8. The predicted molar refractivity (Wildman–Crippen MR) is 155 cm³/mol.